The predicted molar refractivity (Wildman–Crippen MR) is 340 cm³/mol. The zero-order valence-electron chi connectivity index (χ0n) is 51.2. The number of para-hydroxylation sites is 3. The first-order valence-corrected chi connectivity index (χ1v) is 28.7. The van der Waals surface area contributed by atoms with Crippen LogP contribution in [-0.4, -0.2) is 30.3 Å². The Kier molecular flexibility index (Phi) is 15.1. The van der Waals surface area contributed by atoms with Crippen LogP contribution in [0.15, 0.2) is 140 Å². The van der Waals surface area contributed by atoms with Crippen molar-refractivity contribution in [3.63, 3.8) is 0 Å². The number of hydrogen-bond acceptors (Lipinski definition) is 9. The van der Waals surface area contributed by atoms with Gasteiger partial charge in [0.25, 0.3) is 0 Å². The quantitative estimate of drug-likeness (QED) is 0.0748. The summed E-state index contributed by atoms with van der Waals surface area (Å²) in [7, 11) is 0. The monoisotopic (exact) mass is 1080 g/mol. The van der Waals surface area contributed by atoms with Crippen molar-refractivity contribution in [1.29, 1.82) is 0 Å². The molecule has 3 unspecified atom stereocenters. The van der Waals surface area contributed by atoms with Crippen LogP contribution >= 0.6 is 0 Å². The van der Waals surface area contributed by atoms with Gasteiger partial charge in [0.1, 0.15) is 17.2 Å². The van der Waals surface area contributed by atoms with E-state index in [1.54, 1.807) is 0 Å². The van der Waals surface area contributed by atoms with Gasteiger partial charge in [-0.25, -0.2) is 4.98 Å². The van der Waals surface area contributed by atoms with Gasteiger partial charge in [-0.05, 0) is 120 Å². The van der Waals surface area contributed by atoms with Crippen molar-refractivity contribution in [1.82, 2.24) is 15.0 Å². The molecule has 9 aromatic rings. The number of phenols is 3. The van der Waals surface area contributed by atoms with E-state index in [1.165, 1.54) is 0 Å². The van der Waals surface area contributed by atoms with Crippen molar-refractivity contribution in [2.45, 2.75) is 175 Å². The van der Waals surface area contributed by atoms with E-state index in [0.29, 0.717) is 33.6 Å². The number of rotatable bonds is 11. The molecule has 3 aromatic heterocycles. The molecule has 3 atom stereocenters. The van der Waals surface area contributed by atoms with Crippen LogP contribution < -0.4 is 16.0 Å². The number of nitrogens with one attached hydrogen (secondary N) is 3. The Labute approximate surface area is 481 Å². The van der Waals surface area contributed by atoms with Crippen LogP contribution in [0.3, 0.4) is 0 Å². The van der Waals surface area contributed by atoms with Gasteiger partial charge in [-0.15, -0.1) is 0 Å². The van der Waals surface area contributed by atoms with E-state index in [4.69, 9.17) is 15.0 Å². The molecule has 0 radical (unpaired) electrons. The fourth-order valence-corrected chi connectivity index (χ4v) is 11.0. The molecule has 9 nitrogen and oxygen atoms in total. The molecule has 0 aliphatic heterocycles. The summed E-state index contributed by atoms with van der Waals surface area (Å²) in [6.45, 7) is 39.1. The molecular formula is C72H86N6O3. The molecule has 422 valence electrons. The van der Waals surface area contributed by atoms with Crippen molar-refractivity contribution in [2.75, 3.05) is 16.0 Å². The maximum absolute atomic E-state index is 13.2. The van der Waals surface area contributed by atoms with Crippen molar-refractivity contribution in [2.24, 2.45) is 0 Å². The average Bonchev–Trinajstić information content (AvgIpc) is 3.17. The largest absolute Gasteiger partial charge is 0.507 e. The third kappa shape index (κ3) is 11.9. The van der Waals surface area contributed by atoms with Gasteiger partial charge in [0, 0.05) is 45.2 Å². The second-order valence-electron chi connectivity index (χ2n) is 28.6. The number of aromatic hydroxyl groups is 3. The zero-order valence-corrected chi connectivity index (χ0v) is 51.2. The average molecular weight is 1080 g/mol. The second-order valence-corrected chi connectivity index (χ2v) is 28.6. The van der Waals surface area contributed by atoms with Gasteiger partial charge in [0.2, 0.25) is 0 Å². The summed E-state index contributed by atoms with van der Waals surface area (Å²) in [5.74, 6) is 0.559. The van der Waals surface area contributed by atoms with Gasteiger partial charge < -0.3 is 31.3 Å². The molecule has 6 aromatic carbocycles. The van der Waals surface area contributed by atoms with E-state index in [0.717, 1.165) is 71.9 Å². The molecule has 0 fully saturated rings. The summed E-state index contributed by atoms with van der Waals surface area (Å²) in [6.07, 6.45) is 3.62. The molecule has 0 aliphatic rings. The lowest BCUT2D eigenvalue weighted by Gasteiger charge is -2.37. The molecule has 0 spiro atoms. The van der Waals surface area contributed by atoms with Gasteiger partial charge in [0.05, 0.1) is 57.4 Å². The van der Waals surface area contributed by atoms with E-state index < -0.39 is 34.4 Å². The number of anilines is 3. The van der Waals surface area contributed by atoms with Crippen molar-refractivity contribution in [3.05, 3.63) is 196 Å². The Morgan fingerprint density at radius 1 is 0.346 bits per heavy atom. The van der Waals surface area contributed by atoms with E-state index >= 15 is 0 Å². The lowest BCUT2D eigenvalue weighted by Crippen LogP contribution is -2.29. The summed E-state index contributed by atoms with van der Waals surface area (Å²) in [6, 6.07) is 41.3. The summed E-state index contributed by atoms with van der Waals surface area (Å²) in [5, 5.41) is 53.9. The maximum atomic E-state index is 13.2. The summed E-state index contributed by atoms with van der Waals surface area (Å²) < 4.78 is 0. The Morgan fingerprint density at radius 2 is 0.679 bits per heavy atom. The van der Waals surface area contributed by atoms with Crippen molar-refractivity contribution in [3.8, 4) is 17.2 Å². The fourth-order valence-electron chi connectivity index (χ4n) is 11.0. The van der Waals surface area contributed by atoms with Crippen LogP contribution in [0.25, 0.3) is 32.7 Å². The van der Waals surface area contributed by atoms with E-state index in [9.17, 15) is 15.3 Å². The van der Waals surface area contributed by atoms with Gasteiger partial charge in [-0.1, -0.05) is 197 Å². The Balaban J connectivity index is 1.36. The normalized spacial score (nSPS) is 14.0. The topological polar surface area (TPSA) is 135 Å². The number of pyridine rings is 3. The fraction of sp³-hybridized carbons (Fsp3) is 0.375. The number of hydrogen-bond donors (Lipinski definition) is 6. The summed E-state index contributed by atoms with van der Waals surface area (Å²) in [5.41, 5.74) is 10.8. The van der Waals surface area contributed by atoms with E-state index in [2.05, 4.69) is 226 Å². The molecule has 81 heavy (non-hydrogen) atoms. The third-order valence-electron chi connectivity index (χ3n) is 16.0. The van der Waals surface area contributed by atoms with E-state index in [1.807, 2.05) is 54.9 Å². The lowest BCUT2D eigenvalue weighted by molar-refractivity contribution is 0.420. The number of fused-ring (bicyclic) bond motifs is 3. The first-order valence-electron chi connectivity index (χ1n) is 28.7. The molecule has 0 bridgehead atoms. The summed E-state index contributed by atoms with van der Waals surface area (Å²) >= 11 is 0. The second kappa shape index (κ2) is 21.0. The van der Waals surface area contributed by atoms with Crippen LogP contribution in [0.2, 0.25) is 0 Å². The number of benzene rings is 6. The highest BCUT2D eigenvalue weighted by molar-refractivity contribution is 5.93. The number of phenolic OH excluding ortho intramolecular Hbond substituents is 3. The van der Waals surface area contributed by atoms with Crippen molar-refractivity contribution >= 4 is 49.8 Å². The van der Waals surface area contributed by atoms with Gasteiger partial charge in [-0.2, -0.15) is 0 Å². The lowest BCUT2D eigenvalue weighted by atomic mass is 9.75. The maximum Gasteiger partial charge on any atom is 0.124 e. The number of nitrogens with zero attached hydrogens (tertiary/aromatic N) is 3. The molecule has 0 amide bonds. The molecule has 3 heterocycles. The Morgan fingerprint density at radius 3 is 1.06 bits per heavy atom. The number of aromatic nitrogens is 3. The van der Waals surface area contributed by atoms with E-state index in [-0.39, 0.29) is 33.5 Å². The molecule has 0 aliphatic carbocycles. The van der Waals surface area contributed by atoms with Crippen LogP contribution in [0, 0.1) is 0 Å². The van der Waals surface area contributed by atoms with Crippen LogP contribution in [0.1, 0.15) is 199 Å². The molecule has 0 saturated heterocycles. The highest BCUT2D eigenvalue weighted by atomic mass is 16.3. The van der Waals surface area contributed by atoms with Crippen LogP contribution in [-0.2, 0) is 32.5 Å². The SMILES string of the molecule is CC(C)(C)c1cc(C(Nc2cccc3cccnc23)c2ccc3cccc(NC(c4cc(C(C)(C)C)cc(C(C)(C)C)c4O)C(Nc4cccc5cccnc45)c4cc(C(C)(C)C)cc(C(C)(C)C)c4O)c3n2)c(O)c(C(C)(C)C)c1. The van der Waals surface area contributed by atoms with Gasteiger partial charge >= 0.3 is 0 Å². The first-order chi connectivity index (χ1) is 37.7. The molecule has 9 heteroatoms. The molecule has 0 saturated carbocycles. The predicted octanol–water partition coefficient (Wildman–Crippen LogP) is 18.4. The van der Waals surface area contributed by atoms with Gasteiger partial charge in [0.15, 0.2) is 0 Å². The smallest absolute Gasteiger partial charge is 0.124 e. The highest BCUT2D eigenvalue weighted by Gasteiger charge is 2.38. The standard InChI is InChI=1S/C72H86N6O3/c1-67(2,3)45-36-48(64(79)51(39-45)70(10,11)12)61(76-54-29-19-24-42-27-22-34-73-58(42)54)57-33-32-44-26-21-31-56(60(44)75-57)78-63(50-38-47(69(7,8)9)41-53(66(50)81)72(16,17)18)62(77-55-30-20-25-43-28-23-35-74-59(43)55)49-37-46(68(4,5)6)40-52(65(49)80)71(13,14)15/h19-41,61-63,76-81H,1-18H3. The Bertz CT molecular complexity index is 3810. The van der Waals surface area contributed by atoms with Gasteiger partial charge in [-0.3, -0.25) is 9.97 Å². The van der Waals surface area contributed by atoms with Crippen LogP contribution in [0.5, 0.6) is 17.2 Å². The van der Waals surface area contributed by atoms with Crippen molar-refractivity contribution < 1.29 is 15.3 Å². The zero-order chi connectivity index (χ0) is 58.9. The molecular weight excluding hydrogens is 997 g/mol. The molecule has 6 N–H and O–H groups in total. The first kappa shape index (κ1) is 58.0. The minimum Gasteiger partial charge on any atom is -0.507 e. The third-order valence-corrected chi connectivity index (χ3v) is 16.0. The molecule has 9 rings (SSSR count). The highest BCUT2D eigenvalue weighted by Crippen LogP contribution is 2.51. The summed E-state index contributed by atoms with van der Waals surface area (Å²) in [4.78, 5) is 15.5. The minimum absolute atomic E-state index is 0.170. The minimum atomic E-state index is -0.783. The van der Waals surface area contributed by atoms with Crippen LogP contribution in [0.4, 0.5) is 17.1 Å². The Hall–Kier alpha value is -7.65.